The third-order valence-electron chi connectivity index (χ3n) is 3.52. The van der Waals surface area contributed by atoms with Crippen molar-refractivity contribution in [1.29, 1.82) is 0 Å². The molecule has 2 heterocycles. The van der Waals surface area contributed by atoms with Gasteiger partial charge in [0.15, 0.2) is 6.20 Å². The van der Waals surface area contributed by atoms with Gasteiger partial charge in [0.25, 0.3) is 0 Å². The quantitative estimate of drug-likeness (QED) is 0.547. The molecule has 0 spiro atoms. The Kier molecular flexibility index (Phi) is 2.24. The molecule has 18 heavy (non-hydrogen) atoms. The van der Waals surface area contributed by atoms with Gasteiger partial charge in [-0.05, 0) is 23.6 Å². The van der Waals surface area contributed by atoms with Crippen molar-refractivity contribution in [2.24, 2.45) is 7.05 Å². The summed E-state index contributed by atoms with van der Waals surface area (Å²) in [7, 11) is 2.09. The van der Waals surface area contributed by atoms with Gasteiger partial charge in [0.2, 0.25) is 5.52 Å². The summed E-state index contributed by atoms with van der Waals surface area (Å²) < 4.78 is 7.82. The maximum Gasteiger partial charge on any atom is 0.216 e. The van der Waals surface area contributed by atoms with Gasteiger partial charge < -0.3 is 4.42 Å². The first-order valence-electron chi connectivity index (χ1n) is 6.27. The van der Waals surface area contributed by atoms with E-state index in [9.17, 15) is 0 Å². The minimum atomic E-state index is 0.140. The lowest BCUT2D eigenvalue weighted by Gasteiger charge is -2.17. The minimum Gasteiger partial charge on any atom is -0.463 e. The number of hydrogen-bond donors (Lipinski definition) is 0. The Hall–Kier alpha value is -1.83. The molecule has 0 aliphatic heterocycles. The van der Waals surface area contributed by atoms with Gasteiger partial charge in [0.05, 0.1) is 11.6 Å². The van der Waals surface area contributed by atoms with Crippen LogP contribution >= 0.6 is 0 Å². The zero-order valence-electron chi connectivity index (χ0n) is 11.3. The number of pyridine rings is 1. The van der Waals surface area contributed by atoms with Crippen molar-refractivity contribution in [3.63, 3.8) is 0 Å². The lowest BCUT2D eigenvalue weighted by molar-refractivity contribution is -0.645. The summed E-state index contributed by atoms with van der Waals surface area (Å²) in [5.41, 5.74) is 3.64. The summed E-state index contributed by atoms with van der Waals surface area (Å²) in [6, 6.07) is 8.53. The van der Waals surface area contributed by atoms with Gasteiger partial charge in [-0.1, -0.05) is 20.8 Å². The number of rotatable bonds is 0. The number of aryl methyl sites for hydroxylation is 1. The van der Waals surface area contributed by atoms with Crippen LogP contribution in [0.5, 0.6) is 0 Å². The summed E-state index contributed by atoms with van der Waals surface area (Å²) in [5.74, 6) is 0. The maximum atomic E-state index is 5.64. The Balaban J connectivity index is 2.46. The Morgan fingerprint density at radius 1 is 1.11 bits per heavy atom. The van der Waals surface area contributed by atoms with Crippen LogP contribution in [-0.2, 0) is 12.5 Å². The molecule has 0 unspecified atom stereocenters. The van der Waals surface area contributed by atoms with Gasteiger partial charge in [0.1, 0.15) is 12.6 Å². The van der Waals surface area contributed by atoms with Gasteiger partial charge in [-0.2, -0.15) is 0 Å². The Labute approximate surface area is 107 Å². The molecule has 2 aromatic heterocycles. The molecule has 0 aliphatic rings. The number of hydrogen-bond acceptors (Lipinski definition) is 1. The second kappa shape index (κ2) is 3.58. The summed E-state index contributed by atoms with van der Waals surface area (Å²) in [4.78, 5) is 0. The molecular formula is C16H18NO+. The Bertz CT molecular complexity index is 732. The highest BCUT2D eigenvalue weighted by molar-refractivity contribution is 6.01. The second-order valence-electron chi connectivity index (χ2n) is 5.93. The van der Waals surface area contributed by atoms with E-state index in [4.69, 9.17) is 4.42 Å². The van der Waals surface area contributed by atoms with E-state index in [1.165, 1.54) is 16.5 Å². The summed E-state index contributed by atoms with van der Waals surface area (Å²) in [6.07, 6.45) is 3.96. The summed E-state index contributed by atoms with van der Waals surface area (Å²) in [6.45, 7) is 6.70. The number of nitrogens with zero attached hydrogens (tertiary/aromatic N) is 1. The molecule has 0 radical (unpaired) electrons. The molecule has 0 amide bonds. The highest BCUT2D eigenvalue weighted by Crippen LogP contribution is 2.28. The van der Waals surface area contributed by atoms with Crippen LogP contribution in [-0.4, -0.2) is 0 Å². The van der Waals surface area contributed by atoms with E-state index in [-0.39, 0.29) is 5.41 Å². The minimum absolute atomic E-state index is 0.140. The summed E-state index contributed by atoms with van der Waals surface area (Å²) >= 11 is 0. The van der Waals surface area contributed by atoms with Crippen LogP contribution in [0.15, 0.2) is 41.1 Å². The molecule has 0 fully saturated rings. The van der Waals surface area contributed by atoms with Crippen molar-refractivity contribution < 1.29 is 8.98 Å². The van der Waals surface area contributed by atoms with E-state index in [2.05, 4.69) is 56.8 Å². The standard InChI is InChI=1S/C16H18NO/c1-16(2,3)12-9-13-14(17(4)10-12)6-5-11-7-8-18-15(11)13/h5-10H,1-4H3/q+1. The van der Waals surface area contributed by atoms with Crippen LogP contribution in [0.1, 0.15) is 26.3 Å². The van der Waals surface area contributed by atoms with E-state index in [0.29, 0.717) is 0 Å². The van der Waals surface area contributed by atoms with Crippen LogP contribution in [0.2, 0.25) is 0 Å². The molecule has 0 bridgehead atoms. The molecule has 0 N–H and O–H groups in total. The van der Waals surface area contributed by atoms with Crippen molar-refractivity contribution in [2.45, 2.75) is 26.2 Å². The monoisotopic (exact) mass is 240 g/mol. The van der Waals surface area contributed by atoms with Gasteiger partial charge in [-0.25, -0.2) is 4.57 Å². The molecule has 92 valence electrons. The third kappa shape index (κ3) is 1.60. The highest BCUT2D eigenvalue weighted by atomic mass is 16.3. The molecular weight excluding hydrogens is 222 g/mol. The first-order valence-corrected chi connectivity index (χ1v) is 6.27. The summed E-state index contributed by atoms with van der Waals surface area (Å²) in [5, 5.41) is 2.35. The number of furan rings is 1. The molecule has 3 rings (SSSR count). The van der Waals surface area contributed by atoms with Gasteiger partial charge in [-0.3, -0.25) is 0 Å². The SMILES string of the molecule is C[n+]1cc(C(C)(C)C)cc2c3occc3ccc21. The second-order valence-corrected chi connectivity index (χ2v) is 5.93. The van der Waals surface area contributed by atoms with Gasteiger partial charge >= 0.3 is 0 Å². The fraction of sp³-hybridized carbons (Fsp3) is 0.312. The first-order chi connectivity index (χ1) is 8.47. The smallest absolute Gasteiger partial charge is 0.216 e. The van der Waals surface area contributed by atoms with Crippen molar-refractivity contribution in [1.82, 2.24) is 0 Å². The fourth-order valence-electron chi connectivity index (χ4n) is 2.37. The number of benzene rings is 1. The first kappa shape index (κ1) is 11.3. The molecule has 0 saturated carbocycles. The van der Waals surface area contributed by atoms with E-state index >= 15 is 0 Å². The molecule has 2 heteroatoms. The molecule has 2 nitrogen and oxygen atoms in total. The normalized spacial score (nSPS) is 12.4. The molecule has 1 aromatic carbocycles. The topological polar surface area (TPSA) is 17.0 Å². The molecule has 0 atom stereocenters. The maximum absolute atomic E-state index is 5.64. The van der Waals surface area contributed by atoms with Crippen molar-refractivity contribution >= 4 is 21.9 Å². The average Bonchev–Trinajstić information content (AvgIpc) is 2.75. The molecule has 0 saturated heterocycles. The zero-order chi connectivity index (χ0) is 12.9. The molecule has 3 aromatic rings. The van der Waals surface area contributed by atoms with Crippen molar-refractivity contribution in [3.05, 3.63) is 42.3 Å². The Morgan fingerprint density at radius 2 is 1.89 bits per heavy atom. The third-order valence-corrected chi connectivity index (χ3v) is 3.52. The van der Waals surface area contributed by atoms with E-state index in [1.54, 1.807) is 6.26 Å². The number of fused-ring (bicyclic) bond motifs is 3. The predicted molar refractivity (Wildman–Crippen MR) is 73.6 cm³/mol. The molecule has 0 aliphatic carbocycles. The lowest BCUT2D eigenvalue weighted by Crippen LogP contribution is -2.31. The highest BCUT2D eigenvalue weighted by Gasteiger charge is 2.20. The van der Waals surface area contributed by atoms with Crippen LogP contribution < -0.4 is 4.57 Å². The lowest BCUT2D eigenvalue weighted by atomic mass is 9.87. The van der Waals surface area contributed by atoms with Gasteiger partial charge in [0, 0.05) is 17.0 Å². The van der Waals surface area contributed by atoms with Crippen LogP contribution in [0, 0.1) is 0 Å². The number of aromatic nitrogens is 1. The fourth-order valence-corrected chi connectivity index (χ4v) is 2.37. The largest absolute Gasteiger partial charge is 0.463 e. The van der Waals surface area contributed by atoms with Crippen LogP contribution in [0.25, 0.3) is 21.9 Å². The van der Waals surface area contributed by atoms with Crippen molar-refractivity contribution in [2.75, 3.05) is 0 Å². The van der Waals surface area contributed by atoms with E-state index in [0.717, 1.165) is 11.0 Å². The zero-order valence-corrected chi connectivity index (χ0v) is 11.3. The van der Waals surface area contributed by atoms with Crippen molar-refractivity contribution in [3.8, 4) is 0 Å². The van der Waals surface area contributed by atoms with Gasteiger partial charge in [-0.15, -0.1) is 0 Å². The van der Waals surface area contributed by atoms with Crippen LogP contribution in [0.3, 0.4) is 0 Å². The van der Waals surface area contributed by atoms with E-state index < -0.39 is 0 Å². The van der Waals surface area contributed by atoms with Crippen LogP contribution in [0.4, 0.5) is 0 Å². The average molecular weight is 240 g/mol. The predicted octanol–water partition coefficient (Wildman–Crippen LogP) is 3.71. The Morgan fingerprint density at radius 3 is 2.61 bits per heavy atom. The van der Waals surface area contributed by atoms with E-state index in [1.807, 2.05) is 6.07 Å².